The minimum absolute atomic E-state index is 0.534. The van der Waals surface area contributed by atoms with Crippen LogP contribution in [0.25, 0.3) is 0 Å². The molecule has 2 atom stereocenters. The average molecular weight is 270 g/mol. The standard InChI is InChI=1S/C15H26O2S/c16-18-11-5-9-15(13-18)8-4-10-17-12-14-6-2-1-3-7-14/h12,15H,1-11,13H2. The third-order valence-electron chi connectivity index (χ3n) is 4.03. The first-order valence-corrected chi connectivity index (χ1v) is 8.98. The van der Waals surface area contributed by atoms with E-state index in [1.165, 1.54) is 50.5 Å². The van der Waals surface area contributed by atoms with E-state index < -0.39 is 10.8 Å². The fraction of sp³-hybridized carbons (Fsp3) is 0.867. The van der Waals surface area contributed by atoms with Crippen LogP contribution in [0.4, 0.5) is 0 Å². The summed E-state index contributed by atoms with van der Waals surface area (Å²) in [5.41, 5.74) is 1.50. The Morgan fingerprint density at radius 2 is 2.06 bits per heavy atom. The molecule has 1 saturated heterocycles. The number of rotatable bonds is 5. The molecule has 1 aliphatic carbocycles. The van der Waals surface area contributed by atoms with E-state index in [0.717, 1.165) is 31.0 Å². The predicted octanol–water partition coefficient (Wildman–Crippen LogP) is 3.79. The van der Waals surface area contributed by atoms with Crippen LogP contribution < -0.4 is 0 Å². The molecular formula is C15H26O2S. The van der Waals surface area contributed by atoms with Crippen molar-refractivity contribution in [2.45, 2.75) is 57.8 Å². The number of hydrogen-bond acceptors (Lipinski definition) is 2. The molecule has 104 valence electrons. The van der Waals surface area contributed by atoms with Crippen LogP contribution in [-0.4, -0.2) is 22.3 Å². The van der Waals surface area contributed by atoms with Gasteiger partial charge in [-0.15, -0.1) is 0 Å². The van der Waals surface area contributed by atoms with E-state index in [9.17, 15) is 4.21 Å². The molecule has 0 amide bonds. The van der Waals surface area contributed by atoms with Crippen LogP contribution in [0.1, 0.15) is 57.8 Å². The fourth-order valence-electron chi connectivity index (χ4n) is 2.95. The first-order valence-electron chi connectivity index (χ1n) is 7.49. The summed E-state index contributed by atoms with van der Waals surface area (Å²) in [5, 5.41) is 0. The van der Waals surface area contributed by atoms with Crippen molar-refractivity contribution in [3.05, 3.63) is 11.8 Å². The van der Waals surface area contributed by atoms with Crippen LogP contribution in [0, 0.1) is 5.92 Å². The van der Waals surface area contributed by atoms with Gasteiger partial charge < -0.3 is 4.74 Å². The van der Waals surface area contributed by atoms with Crippen LogP contribution in [-0.2, 0) is 15.5 Å². The lowest BCUT2D eigenvalue weighted by molar-refractivity contribution is 0.228. The fourth-order valence-corrected chi connectivity index (χ4v) is 4.46. The summed E-state index contributed by atoms with van der Waals surface area (Å²) in [4.78, 5) is 0. The largest absolute Gasteiger partial charge is 0.501 e. The molecule has 1 aliphatic heterocycles. The van der Waals surface area contributed by atoms with Gasteiger partial charge in [-0.3, -0.25) is 4.21 Å². The van der Waals surface area contributed by atoms with Crippen molar-refractivity contribution in [1.82, 2.24) is 0 Å². The zero-order valence-electron chi connectivity index (χ0n) is 11.4. The maximum absolute atomic E-state index is 11.4. The Morgan fingerprint density at radius 3 is 2.83 bits per heavy atom. The van der Waals surface area contributed by atoms with Crippen LogP contribution in [0.15, 0.2) is 11.8 Å². The van der Waals surface area contributed by atoms with Crippen molar-refractivity contribution in [2.24, 2.45) is 5.92 Å². The van der Waals surface area contributed by atoms with Gasteiger partial charge in [0.1, 0.15) is 0 Å². The average Bonchev–Trinajstić information content (AvgIpc) is 2.40. The maximum Gasteiger partial charge on any atom is 0.0873 e. The van der Waals surface area contributed by atoms with Crippen LogP contribution in [0.2, 0.25) is 0 Å². The Labute approximate surface area is 114 Å². The second-order valence-electron chi connectivity index (χ2n) is 5.67. The van der Waals surface area contributed by atoms with Gasteiger partial charge in [-0.1, -0.05) is 6.42 Å². The Kier molecular flexibility index (Phi) is 6.25. The normalized spacial score (nSPS) is 29.0. The van der Waals surface area contributed by atoms with Gasteiger partial charge in [-0.25, -0.2) is 0 Å². The van der Waals surface area contributed by atoms with Gasteiger partial charge in [-0.2, -0.15) is 0 Å². The van der Waals surface area contributed by atoms with Crippen molar-refractivity contribution in [3.63, 3.8) is 0 Å². The Morgan fingerprint density at radius 1 is 1.22 bits per heavy atom. The van der Waals surface area contributed by atoms with E-state index in [1.807, 2.05) is 6.26 Å². The molecule has 2 nitrogen and oxygen atoms in total. The quantitative estimate of drug-likeness (QED) is 0.561. The summed E-state index contributed by atoms with van der Waals surface area (Å²) < 4.78 is 17.1. The molecule has 0 bridgehead atoms. The second-order valence-corrected chi connectivity index (χ2v) is 7.29. The summed E-state index contributed by atoms with van der Waals surface area (Å²) in [6.45, 7) is 0.840. The van der Waals surface area contributed by atoms with E-state index in [0.29, 0.717) is 5.92 Å². The molecule has 1 heterocycles. The van der Waals surface area contributed by atoms with E-state index in [-0.39, 0.29) is 0 Å². The van der Waals surface area contributed by atoms with Crippen molar-refractivity contribution in [2.75, 3.05) is 18.1 Å². The molecule has 0 radical (unpaired) electrons. The molecule has 2 aliphatic rings. The lowest BCUT2D eigenvalue weighted by Crippen LogP contribution is -2.20. The minimum Gasteiger partial charge on any atom is -0.501 e. The third kappa shape index (κ3) is 5.13. The van der Waals surface area contributed by atoms with Crippen molar-refractivity contribution in [1.29, 1.82) is 0 Å². The van der Waals surface area contributed by atoms with Crippen LogP contribution >= 0.6 is 0 Å². The number of hydrogen-bond donors (Lipinski definition) is 0. The molecule has 0 aromatic carbocycles. The highest BCUT2D eigenvalue weighted by Crippen LogP contribution is 2.23. The predicted molar refractivity (Wildman–Crippen MR) is 77.0 cm³/mol. The molecule has 0 spiro atoms. The molecule has 1 saturated carbocycles. The highest BCUT2D eigenvalue weighted by atomic mass is 32.2. The van der Waals surface area contributed by atoms with Crippen molar-refractivity contribution in [3.8, 4) is 0 Å². The van der Waals surface area contributed by atoms with E-state index in [4.69, 9.17) is 4.74 Å². The van der Waals surface area contributed by atoms with Gasteiger partial charge in [0.15, 0.2) is 0 Å². The van der Waals surface area contributed by atoms with Gasteiger partial charge in [0.2, 0.25) is 0 Å². The molecule has 0 aromatic rings. The number of allylic oxidation sites excluding steroid dienone is 1. The Bertz CT molecular complexity index is 291. The maximum atomic E-state index is 11.4. The first kappa shape index (κ1) is 14.1. The van der Waals surface area contributed by atoms with Crippen LogP contribution in [0.3, 0.4) is 0 Å². The zero-order valence-corrected chi connectivity index (χ0v) is 12.2. The molecule has 18 heavy (non-hydrogen) atoms. The first-order chi connectivity index (χ1) is 8.84. The zero-order chi connectivity index (χ0) is 12.6. The summed E-state index contributed by atoms with van der Waals surface area (Å²) in [5.74, 6) is 2.55. The molecule has 3 heteroatoms. The van der Waals surface area contributed by atoms with Crippen molar-refractivity contribution >= 4 is 10.8 Å². The minimum atomic E-state index is -0.534. The summed E-state index contributed by atoms with van der Waals surface area (Å²) in [6.07, 6.45) is 13.3. The smallest absolute Gasteiger partial charge is 0.0873 e. The highest BCUT2D eigenvalue weighted by Gasteiger charge is 2.17. The van der Waals surface area contributed by atoms with E-state index >= 15 is 0 Å². The van der Waals surface area contributed by atoms with Gasteiger partial charge >= 0.3 is 0 Å². The highest BCUT2D eigenvalue weighted by molar-refractivity contribution is 7.85. The van der Waals surface area contributed by atoms with Gasteiger partial charge in [-0.05, 0) is 62.9 Å². The van der Waals surface area contributed by atoms with Crippen molar-refractivity contribution < 1.29 is 8.95 Å². The molecule has 2 fully saturated rings. The third-order valence-corrected chi connectivity index (χ3v) is 5.61. The molecule has 0 N–H and O–H groups in total. The topological polar surface area (TPSA) is 26.3 Å². The summed E-state index contributed by atoms with van der Waals surface area (Å²) >= 11 is 0. The van der Waals surface area contributed by atoms with E-state index in [2.05, 4.69) is 0 Å². The van der Waals surface area contributed by atoms with Gasteiger partial charge in [0.05, 0.1) is 12.9 Å². The Hall–Kier alpha value is -0.310. The lowest BCUT2D eigenvalue weighted by Gasteiger charge is -2.20. The molecule has 0 aromatic heterocycles. The summed E-state index contributed by atoms with van der Waals surface area (Å²) in [6, 6.07) is 0. The van der Waals surface area contributed by atoms with Gasteiger partial charge in [0, 0.05) is 22.3 Å². The summed E-state index contributed by atoms with van der Waals surface area (Å²) in [7, 11) is -0.534. The SMILES string of the molecule is O=S1CCCC(CCCOC=C2CCCCC2)C1. The van der Waals surface area contributed by atoms with Gasteiger partial charge in [0.25, 0.3) is 0 Å². The molecule has 2 rings (SSSR count). The lowest BCUT2D eigenvalue weighted by atomic mass is 9.96. The molecule has 2 unspecified atom stereocenters. The monoisotopic (exact) mass is 270 g/mol. The molecular weight excluding hydrogens is 244 g/mol. The van der Waals surface area contributed by atoms with Crippen LogP contribution in [0.5, 0.6) is 0 Å². The second kappa shape index (κ2) is 7.98. The Balaban J connectivity index is 1.54. The van der Waals surface area contributed by atoms with E-state index in [1.54, 1.807) is 0 Å². The number of ether oxygens (including phenoxy) is 1.